The molecule has 0 aromatic heterocycles. The number of hydrogen-bond donors (Lipinski definition) is 3. The zero-order valence-corrected chi connectivity index (χ0v) is 9.18. The van der Waals surface area contributed by atoms with E-state index in [4.69, 9.17) is 5.11 Å². The Morgan fingerprint density at radius 3 is 2.62 bits per heavy atom. The Labute approximate surface area is 93.9 Å². The first-order valence-corrected chi connectivity index (χ1v) is 4.98. The number of nitrogens with one attached hydrogen (secondary N) is 1. The summed E-state index contributed by atoms with van der Waals surface area (Å²) in [4.78, 5) is 21.7. The summed E-state index contributed by atoms with van der Waals surface area (Å²) in [5.74, 6) is -1.37. The van der Waals surface area contributed by atoms with Crippen molar-refractivity contribution in [2.45, 2.75) is 31.9 Å². The molecular weight excluding hydrogens is 214 g/mol. The number of alkyl carbamates (subject to hydrolysis) is 1. The van der Waals surface area contributed by atoms with Crippen LogP contribution in [0.5, 0.6) is 0 Å². The third-order valence-electron chi connectivity index (χ3n) is 1.87. The molecule has 1 amide bonds. The normalized spacial score (nSPS) is 13.6. The number of carboxylic acids is 1. The van der Waals surface area contributed by atoms with E-state index in [0.717, 1.165) is 0 Å². The topological polar surface area (TPSA) is 95.9 Å². The zero-order chi connectivity index (χ0) is 12.6. The minimum absolute atomic E-state index is 0.0356. The van der Waals surface area contributed by atoms with E-state index in [1.54, 1.807) is 0 Å². The number of amides is 1. The van der Waals surface area contributed by atoms with Gasteiger partial charge < -0.3 is 20.3 Å². The molecule has 0 saturated carbocycles. The number of aliphatic hydroxyl groups excluding tert-OH is 1. The van der Waals surface area contributed by atoms with E-state index in [0.29, 0.717) is 12.8 Å². The number of carboxylic acid groups (broad SMARTS) is 1. The zero-order valence-electron chi connectivity index (χ0n) is 9.18. The quantitative estimate of drug-likeness (QED) is 0.555. The van der Waals surface area contributed by atoms with Crippen LogP contribution in [0.2, 0.25) is 0 Å². The molecule has 0 aliphatic rings. The summed E-state index contributed by atoms with van der Waals surface area (Å²) >= 11 is 0. The third kappa shape index (κ3) is 5.35. The Balaban J connectivity index is 4.26. The van der Waals surface area contributed by atoms with Gasteiger partial charge in [-0.15, -0.1) is 0 Å². The van der Waals surface area contributed by atoms with Gasteiger partial charge in [0.2, 0.25) is 0 Å². The lowest BCUT2D eigenvalue weighted by molar-refractivity contribution is -0.148. The lowest BCUT2D eigenvalue weighted by Gasteiger charge is -2.20. The number of ether oxygens (including phenoxy) is 1. The molecule has 0 aliphatic carbocycles. The summed E-state index contributed by atoms with van der Waals surface area (Å²) in [7, 11) is 0. The molecule has 6 nitrogen and oxygen atoms in total. The van der Waals surface area contributed by atoms with Crippen molar-refractivity contribution in [2.24, 2.45) is 0 Å². The first-order valence-electron chi connectivity index (χ1n) is 4.98. The van der Waals surface area contributed by atoms with Crippen molar-refractivity contribution in [1.82, 2.24) is 5.32 Å². The van der Waals surface area contributed by atoms with Crippen LogP contribution in [0.15, 0.2) is 12.7 Å². The first kappa shape index (κ1) is 14.4. The summed E-state index contributed by atoms with van der Waals surface area (Å²) in [6.45, 7) is 5.22. The minimum Gasteiger partial charge on any atom is -0.479 e. The highest BCUT2D eigenvalue weighted by molar-refractivity contribution is 5.75. The molecule has 0 spiro atoms. The second kappa shape index (κ2) is 7.70. The summed E-state index contributed by atoms with van der Waals surface area (Å²) < 4.78 is 4.63. The minimum atomic E-state index is -1.63. The van der Waals surface area contributed by atoms with E-state index in [2.05, 4.69) is 16.6 Å². The number of aliphatic hydroxyl groups is 1. The molecule has 0 rings (SSSR count). The summed E-state index contributed by atoms with van der Waals surface area (Å²) in [6, 6.07) is -0.847. The van der Waals surface area contributed by atoms with Crippen molar-refractivity contribution in [3.8, 4) is 0 Å². The maximum atomic E-state index is 11.1. The highest BCUT2D eigenvalue weighted by Crippen LogP contribution is 2.03. The van der Waals surface area contributed by atoms with Gasteiger partial charge in [-0.1, -0.05) is 26.0 Å². The van der Waals surface area contributed by atoms with Crippen LogP contribution < -0.4 is 5.32 Å². The van der Waals surface area contributed by atoms with Gasteiger partial charge in [-0.2, -0.15) is 0 Å². The Morgan fingerprint density at radius 1 is 1.56 bits per heavy atom. The molecule has 2 atom stereocenters. The van der Waals surface area contributed by atoms with Gasteiger partial charge in [0.05, 0.1) is 6.04 Å². The van der Waals surface area contributed by atoms with Crippen LogP contribution >= 0.6 is 0 Å². The molecule has 0 radical (unpaired) electrons. The first-order chi connectivity index (χ1) is 7.52. The fraction of sp³-hybridized carbons (Fsp3) is 0.600. The molecule has 0 aromatic rings. The van der Waals surface area contributed by atoms with E-state index < -0.39 is 24.2 Å². The molecule has 92 valence electrons. The van der Waals surface area contributed by atoms with Crippen LogP contribution in [0.3, 0.4) is 0 Å². The van der Waals surface area contributed by atoms with Crippen molar-refractivity contribution < 1.29 is 24.5 Å². The van der Waals surface area contributed by atoms with Gasteiger partial charge in [-0.05, 0) is 6.42 Å². The smallest absolute Gasteiger partial charge is 0.407 e. The van der Waals surface area contributed by atoms with E-state index in [1.807, 2.05) is 6.92 Å². The van der Waals surface area contributed by atoms with Crippen LogP contribution in [0.25, 0.3) is 0 Å². The van der Waals surface area contributed by atoms with Crippen molar-refractivity contribution in [2.75, 3.05) is 6.61 Å². The molecule has 16 heavy (non-hydrogen) atoms. The van der Waals surface area contributed by atoms with Crippen molar-refractivity contribution >= 4 is 12.1 Å². The van der Waals surface area contributed by atoms with E-state index in [9.17, 15) is 14.7 Å². The van der Waals surface area contributed by atoms with E-state index >= 15 is 0 Å². The molecule has 0 heterocycles. The third-order valence-corrected chi connectivity index (χ3v) is 1.87. The largest absolute Gasteiger partial charge is 0.479 e. The van der Waals surface area contributed by atoms with E-state index in [-0.39, 0.29) is 6.61 Å². The van der Waals surface area contributed by atoms with Crippen LogP contribution in [0, 0.1) is 0 Å². The van der Waals surface area contributed by atoms with Crippen molar-refractivity contribution in [3.05, 3.63) is 12.7 Å². The van der Waals surface area contributed by atoms with Gasteiger partial charge in [0.25, 0.3) is 0 Å². The lowest BCUT2D eigenvalue weighted by atomic mass is 10.1. The lowest BCUT2D eigenvalue weighted by Crippen LogP contribution is -2.47. The standard InChI is InChI=1S/C10H17NO5/c1-3-5-7(8(12)9(13)14)11-10(15)16-6-4-2/h4,7-8,12H,2-3,5-6H2,1H3,(H,11,15)(H,13,14)/t7-,8?/m0/s1. The van der Waals surface area contributed by atoms with Gasteiger partial charge in [0.15, 0.2) is 6.10 Å². The predicted octanol–water partition coefficient (Wildman–Crippen LogP) is 0.513. The molecule has 0 aromatic carbocycles. The number of hydrogen-bond acceptors (Lipinski definition) is 4. The Morgan fingerprint density at radius 2 is 2.19 bits per heavy atom. The van der Waals surface area contributed by atoms with Gasteiger partial charge in [0.1, 0.15) is 6.61 Å². The van der Waals surface area contributed by atoms with Gasteiger partial charge in [-0.3, -0.25) is 0 Å². The molecule has 6 heteroatoms. The highest BCUT2D eigenvalue weighted by Gasteiger charge is 2.26. The van der Waals surface area contributed by atoms with Crippen LogP contribution in [-0.4, -0.2) is 41.0 Å². The second-order valence-electron chi connectivity index (χ2n) is 3.21. The molecular formula is C10H17NO5. The molecule has 1 unspecified atom stereocenters. The molecule has 0 bridgehead atoms. The summed E-state index contributed by atoms with van der Waals surface area (Å²) in [6.07, 6.45) is -0.00927. The number of carbonyl (C=O) groups excluding carboxylic acids is 1. The Hall–Kier alpha value is -1.56. The van der Waals surface area contributed by atoms with E-state index in [1.165, 1.54) is 6.08 Å². The number of rotatable bonds is 7. The van der Waals surface area contributed by atoms with Gasteiger partial charge in [0, 0.05) is 0 Å². The van der Waals surface area contributed by atoms with Gasteiger partial charge in [-0.25, -0.2) is 9.59 Å². The summed E-state index contributed by atoms with van der Waals surface area (Å²) in [5.41, 5.74) is 0. The Kier molecular flexibility index (Phi) is 6.95. The van der Waals surface area contributed by atoms with Crippen LogP contribution in [0.4, 0.5) is 4.79 Å². The fourth-order valence-corrected chi connectivity index (χ4v) is 1.12. The maximum absolute atomic E-state index is 11.1. The average molecular weight is 231 g/mol. The molecule has 3 N–H and O–H groups in total. The molecule has 0 fully saturated rings. The van der Waals surface area contributed by atoms with Crippen molar-refractivity contribution in [3.63, 3.8) is 0 Å². The maximum Gasteiger partial charge on any atom is 0.407 e. The van der Waals surface area contributed by atoms with Gasteiger partial charge >= 0.3 is 12.1 Å². The SMILES string of the molecule is C=CCOC(=O)N[C@@H](CCC)C(O)C(=O)O. The summed E-state index contributed by atoms with van der Waals surface area (Å²) in [5, 5.41) is 20.2. The molecule has 0 aliphatic heterocycles. The highest BCUT2D eigenvalue weighted by atomic mass is 16.5. The number of aliphatic carboxylic acids is 1. The van der Waals surface area contributed by atoms with Crippen molar-refractivity contribution in [1.29, 1.82) is 0 Å². The second-order valence-corrected chi connectivity index (χ2v) is 3.21. The fourth-order valence-electron chi connectivity index (χ4n) is 1.12. The monoisotopic (exact) mass is 231 g/mol. The van der Waals surface area contributed by atoms with Crippen LogP contribution in [0.1, 0.15) is 19.8 Å². The Bertz CT molecular complexity index is 254. The predicted molar refractivity (Wildman–Crippen MR) is 57.0 cm³/mol. The number of carbonyl (C=O) groups is 2. The molecule has 0 saturated heterocycles. The average Bonchev–Trinajstić information content (AvgIpc) is 2.24. The van der Waals surface area contributed by atoms with Crippen LogP contribution in [-0.2, 0) is 9.53 Å².